The Bertz CT molecular complexity index is 1100. The van der Waals surface area contributed by atoms with Crippen molar-refractivity contribution in [2.24, 2.45) is 27.5 Å². The third-order valence-corrected chi connectivity index (χ3v) is 8.54. The van der Waals surface area contributed by atoms with E-state index in [1.807, 2.05) is 25.1 Å². The maximum atomic E-state index is 12.5. The number of rotatable bonds is 5. The lowest BCUT2D eigenvalue weighted by Gasteiger charge is -2.40. The van der Waals surface area contributed by atoms with E-state index < -0.39 is 0 Å². The van der Waals surface area contributed by atoms with E-state index in [2.05, 4.69) is 37.6 Å². The molecule has 5 rings (SSSR count). The molecule has 1 aromatic heterocycles. The van der Waals surface area contributed by atoms with Gasteiger partial charge in [-0.15, -0.1) is 0 Å². The zero-order valence-corrected chi connectivity index (χ0v) is 20.9. The number of aromatic nitrogens is 2. The first-order valence-corrected chi connectivity index (χ1v) is 12.6. The molecule has 2 aromatic rings. The lowest BCUT2D eigenvalue weighted by atomic mass is 9.68. The van der Waals surface area contributed by atoms with Crippen LogP contribution < -0.4 is 5.73 Å². The molecule has 7 heteroatoms. The molecule has 2 heterocycles. The van der Waals surface area contributed by atoms with Gasteiger partial charge in [-0.05, 0) is 48.5 Å². The molecule has 3 unspecified atom stereocenters. The number of amides is 1. The molecule has 2 aliphatic carbocycles. The van der Waals surface area contributed by atoms with Gasteiger partial charge in [0.2, 0.25) is 0 Å². The van der Waals surface area contributed by atoms with E-state index in [0.717, 1.165) is 23.4 Å². The van der Waals surface area contributed by atoms with Crippen LogP contribution in [0.5, 0.6) is 0 Å². The fourth-order valence-corrected chi connectivity index (χ4v) is 6.75. The van der Waals surface area contributed by atoms with Crippen LogP contribution in [0.2, 0.25) is 0 Å². The summed E-state index contributed by atoms with van der Waals surface area (Å²) in [6, 6.07) is 10.5. The van der Waals surface area contributed by atoms with E-state index in [1.54, 1.807) is 4.90 Å². The molecule has 7 nitrogen and oxygen atoms in total. The second-order valence-corrected chi connectivity index (χ2v) is 11.1. The van der Waals surface area contributed by atoms with Crippen molar-refractivity contribution >= 4 is 11.9 Å². The highest BCUT2D eigenvalue weighted by Gasteiger charge is 2.59. The molecule has 2 N–H and O–H groups in total. The van der Waals surface area contributed by atoms with E-state index in [4.69, 9.17) is 20.6 Å². The molecular weight excluding hydrogens is 426 g/mol. The van der Waals surface area contributed by atoms with Gasteiger partial charge in [0.25, 0.3) is 0 Å². The second kappa shape index (κ2) is 8.43. The summed E-state index contributed by atoms with van der Waals surface area (Å²) in [7, 11) is 0. The molecule has 1 aromatic carbocycles. The molecule has 0 radical (unpaired) electrons. The summed E-state index contributed by atoms with van der Waals surface area (Å²) in [6.45, 7) is 11.0. The van der Waals surface area contributed by atoms with Gasteiger partial charge in [-0.25, -0.2) is 4.79 Å². The molecule has 1 amide bonds. The molecule has 182 valence electrons. The number of hydrogen-bond acceptors (Lipinski definition) is 4. The summed E-state index contributed by atoms with van der Waals surface area (Å²) >= 11 is 0. The van der Waals surface area contributed by atoms with Crippen molar-refractivity contribution in [3.05, 3.63) is 52.8 Å². The number of carbonyl (C=O) groups excluding carboxylic acids is 1. The lowest BCUT2D eigenvalue weighted by molar-refractivity contribution is 0.102. The van der Waals surface area contributed by atoms with Crippen LogP contribution in [0.15, 0.2) is 35.3 Å². The van der Waals surface area contributed by atoms with E-state index >= 15 is 0 Å². The predicted molar refractivity (Wildman–Crippen MR) is 133 cm³/mol. The SMILES string of the molecule is CCOC(=O)N1CCc2c(c(C(N)=NC3C4(C)CCC(C4)C3(C)C)nn2Cc2ccccc2)C1. The zero-order chi connectivity index (χ0) is 24.1. The largest absolute Gasteiger partial charge is 0.450 e. The summed E-state index contributed by atoms with van der Waals surface area (Å²) in [5, 5.41) is 4.98. The molecule has 34 heavy (non-hydrogen) atoms. The predicted octanol–water partition coefficient (Wildman–Crippen LogP) is 4.37. The Morgan fingerprint density at radius 3 is 2.71 bits per heavy atom. The fraction of sp³-hybridized carbons (Fsp3) is 0.593. The molecule has 2 bridgehead atoms. The molecule has 1 aliphatic heterocycles. The van der Waals surface area contributed by atoms with Crippen molar-refractivity contribution < 1.29 is 9.53 Å². The van der Waals surface area contributed by atoms with Crippen molar-refractivity contribution in [1.29, 1.82) is 0 Å². The fourth-order valence-electron chi connectivity index (χ4n) is 6.75. The first-order valence-electron chi connectivity index (χ1n) is 12.6. The lowest BCUT2D eigenvalue weighted by Crippen LogP contribution is -2.41. The maximum absolute atomic E-state index is 12.5. The number of fused-ring (bicyclic) bond motifs is 3. The minimum atomic E-state index is -0.285. The molecular formula is C27H37N5O2. The number of aliphatic imine (C=N–C) groups is 1. The second-order valence-electron chi connectivity index (χ2n) is 11.1. The van der Waals surface area contributed by atoms with Gasteiger partial charge in [0, 0.05) is 24.2 Å². The normalized spacial score (nSPS) is 27.6. The number of carbonyl (C=O) groups is 1. The molecule has 3 aliphatic rings. The van der Waals surface area contributed by atoms with Crippen LogP contribution in [0.3, 0.4) is 0 Å². The average Bonchev–Trinajstić information content (AvgIpc) is 3.44. The third kappa shape index (κ3) is 3.79. The number of benzene rings is 1. The standard InChI is InChI=1S/C27H37N5O2/c1-5-34-25(33)31-14-12-21-20(17-31)22(30-32(21)16-18-9-7-6-8-10-18)23(28)29-24-26(2,3)19-11-13-27(24,4)15-19/h6-10,19,24H,5,11-17H2,1-4H3,(H2,28,29). The summed E-state index contributed by atoms with van der Waals surface area (Å²) in [6.07, 6.45) is 4.14. The first-order chi connectivity index (χ1) is 16.2. The Balaban J connectivity index is 1.52. The van der Waals surface area contributed by atoms with Crippen molar-refractivity contribution in [3.63, 3.8) is 0 Å². The van der Waals surface area contributed by atoms with Gasteiger partial charge in [0.1, 0.15) is 11.5 Å². The van der Waals surface area contributed by atoms with E-state index in [-0.39, 0.29) is 23.0 Å². The van der Waals surface area contributed by atoms with Gasteiger partial charge in [-0.1, -0.05) is 51.1 Å². The van der Waals surface area contributed by atoms with Crippen LogP contribution in [0, 0.1) is 16.7 Å². The number of hydrogen-bond donors (Lipinski definition) is 1. The molecule has 2 saturated carbocycles. The van der Waals surface area contributed by atoms with E-state index in [9.17, 15) is 4.79 Å². The molecule has 3 atom stereocenters. The van der Waals surface area contributed by atoms with Crippen molar-refractivity contribution in [2.45, 2.75) is 72.5 Å². The Labute approximate surface area is 202 Å². The van der Waals surface area contributed by atoms with Crippen LogP contribution in [-0.2, 0) is 24.2 Å². The summed E-state index contributed by atoms with van der Waals surface area (Å²) in [5.74, 6) is 1.20. The van der Waals surface area contributed by atoms with Gasteiger partial charge < -0.3 is 15.4 Å². The molecule has 0 spiro atoms. The summed E-state index contributed by atoms with van der Waals surface area (Å²) in [5.41, 5.74) is 11.1. The third-order valence-electron chi connectivity index (χ3n) is 8.54. The van der Waals surface area contributed by atoms with Gasteiger partial charge in [0.05, 0.1) is 25.7 Å². The number of ether oxygens (including phenoxy) is 1. The average molecular weight is 464 g/mol. The molecule has 2 fully saturated rings. The highest BCUT2D eigenvalue weighted by atomic mass is 16.6. The van der Waals surface area contributed by atoms with Crippen LogP contribution in [0.25, 0.3) is 0 Å². The summed E-state index contributed by atoms with van der Waals surface area (Å²) < 4.78 is 7.33. The van der Waals surface area contributed by atoms with Gasteiger partial charge >= 0.3 is 6.09 Å². The van der Waals surface area contributed by atoms with Crippen LogP contribution in [-0.4, -0.2) is 45.8 Å². The van der Waals surface area contributed by atoms with Crippen LogP contribution in [0.4, 0.5) is 4.79 Å². The first kappa shape index (κ1) is 22.9. The number of amidine groups is 1. The Kier molecular flexibility index (Phi) is 5.69. The monoisotopic (exact) mass is 463 g/mol. The summed E-state index contributed by atoms with van der Waals surface area (Å²) in [4.78, 5) is 19.4. The van der Waals surface area contributed by atoms with Crippen molar-refractivity contribution in [1.82, 2.24) is 14.7 Å². The van der Waals surface area contributed by atoms with E-state index in [0.29, 0.717) is 38.0 Å². The number of nitrogens with two attached hydrogens (primary N) is 1. The Morgan fingerprint density at radius 1 is 1.26 bits per heavy atom. The highest BCUT2D eigenvalue weighted by molar-refractivity contribution is 5.97. The highest BCUT2D eigenvalue weighted by Crippen LogP contribution is 2.63. The van der Waals surface area contributed by atoms with Gasteiger partial charge in [-0.2, -0.15) is 5.10 Å². The Morgan fingerprint density at radius 2 is 2.03 bits per heavy atom. The minimum Gasteiger partial charge on any atom is -0.450 e. The minimum absolute atomic E-state index is 0.126. The van der Waals surface area contributed by atoms with Crippen molar-refractivity contribution in [2.75, 3.05) is 13.2 Å². The topological polar surface area (TPSA) is 85.7 Å². The van der Waals surface area contributed by atoms with Crippen LogP contribution in [0.1, 0.15) is 69.5 Å². The zero-order valence-electron chi connectivity index (χ0n) is 20.9. The van der Waals surface area contributed by atoms with Gasteiger partial charge in [0.15, 0.2) is 0 Å². The number of nitrogens with zero attached hydrogens (tertiary/aromatic N) is 4. The van der Waals surface area contributed by atoms with E-state index in [1.165, 1.54) is 24.8 Å². The van der Waals surface area contributed by atoms with Gasteiger partial charge in [-0.3, -0.25) is 9.67 Å². The smallest absolute Gasteiger partial charge is 0.410 e. The van der Waals surface area contributed by atoms with Crippen molar-refractivity contribution in [3.8, 4) is 0 Å². The quantitative estimate of drug-likeness (QED) is 0.527. The molecule has 0 saturated heterocycles. The van der Waals surface area contributed by atoms with Crippen LogP contribution >= 0.6 is 0 Å². The Hall–Kier alpha value is -2.83. The maximum Gasteiger partial charge on any atom is 0.410 e.